The van der Waals surface area contributed by atoms with Gasteiger partial charge in [-0.1, -0.05) is 13.8 Å². The molecule has 0 aliphatic heterocycles. The minimum absolute atomic E-state index is 0. The molecule has 2 heteroatoms. The molecule has 0 fully saturated rings. The standard InChI is InChI=1S/C5H11N.C2H6.U/c1-4-6(3)5-2;1-2;/h1-2,4-5H2,3H3;1-2H3;/q-2;;+2. The summed E-state index contributed by atoms with van der Waals surface area (Å²) < 4.78 is 0. The van der Waals surface area contributed by atoms with Crippen molar-refractivity contribution in [3.63, 3.8) is 0 Å². The van der Waals surface area contributed by atoms with E-state index in [0.717, 1.165) is 13.1 Å². The average Bonchev–Trinajstić information content (AvgIpc) is 1.91. The van der Waals surface area contributed by atoms with Crippen LogP contribution in [0, 0.1) is 45.0 Å². The molecule has 0 aromatic rings. The van der Waals surface area contributed by atoms with Gasteiger partial charge in [0.2, 0.25) is 0 Å². The Balaban J connectivity index is -0.000000109. The molecular formula is C7H17NU. The van der Waals surface area contributed by atoms with Crippen LogP contribution in [0.25, 0.3) is 0 Å². The number of nitrogens with zero attached hydrogens (tertiary/aromatic N) is 1. The predicted molar refractivity (Wildman–Crippen MR) is 39.6 cm³/mol. The first kappa shape index (κ1) is 16.5. The van der Waals surface area contributed by atoms with Gasteiger partial charge < -0.3 is 18.7 Å². The monoisotopic (exact) mass is 353 g/mol. The molecule has 0 atom stereocenters. The Labute approximate surface area is 83.6 Å². The third kappa shape index (κ3) is 17.6. The van der Waals surface area contributed by atoms with Crippen molar-refractivity contribution in [3.8, 4) is 0 Å². The zero-order valence-corrected chi connectivity index (χ0v) is 10.9. The topological polar surface area (TPSA) is 3.24 Å². The van der Waals surface area contributed by atoms with Gasteiger partial charge in [-0.2, -0.15) is 0 Å². The smallest absolute Gasteiger partial charge is 0.365 e. The van der Waals surface area contributed by atoms with Crippen molar-refractivity contribution in [2.45, 2.75) is 13.8 Å². The zero-order valence-electron chi connectivity index (χ0n) is 6.78. The van der Waals surface area contributed by atoms with E-state index in [2.05, 4.69) is 13.8 Å². The first-order valence-electron chi connectivity index (χ1n) is 3.08. The van der Waals surface area contributed by atoms with E-state index in [4.69, 9.17) is 0 Å². The van der Waals surface area contributed by atoms with E-state index < -0.39 is 0 Å². The fraction of sp³-hybridized carbons (Fsp3) is 0.714. The third-order valence-corrected chi connectivity index (χ3v) is 0.763. The van der Waals surface area contributed by atoms with Crippen LogP contribution >= 0.6 is 0 Å². The molecule has 0 bridgehead atoms. The fourth-order valence-electron chi connectivity index (χ4n) is 0.112. The molecule has 0 amide bonds. The van der Waals surface area contributed by atoms with Crippen LogP contribution in [-0.2, 0) is 0 Å². The predicted octanol–water partition coefficient (Wildman–Crippen LogP) is 1.61. The normalized spacial score (nSPS) is 7.33. The van der Waals surface area contributed by atoms with Gasteiger partial charge in [-0.25, -0.2) is 0 Å². The van der Waals surface area contributed by atoms with Crippen LogP contribution in [-0.4, -0.2) is 25.0 Å². The van der Waals surface area contributed by atoms with Crippen LogP contribution in [0.5, 0.6) is 0 Å². The van der Waals surface area contributed by atoms with Crippen molar-refractivity contribution in [1.82, 2.24) is 4.90 Å². The van der Waals surface area contributed by atoms with E-state index >= 15 is 0 Å². The number of rotatable bonds is 2. The summed E-state index contributed by atoms with van der Waals surface area (Å²) in [6.07, 6.45) is 0. The Bertz CT molecular complexity index is 28.1. The van der Waals surface area contributed by atoms with Gasteiger partial charge in [0.1, 0.15) is 0 Å². The molecule has 0 radical (unpaired) electrons. The molecule has 0 unspecified atom stereocenters. The second-order valence-electron chi connectivity index (χ2n) is 1.30. The van der Waals surface area contributed by atoms with E-state index in [1.165, 1.54) is 0 Å². The van der Waals surface area contributed by atoms with Gasteiger partial charge in [0.15, 0.2) is 0 Å². The molecule has 1 nitrogen and oxygen atoms in total. The zero-order chi connectivity index (χ0) is 6.99. The fourth-order valence-corrected chi connectivity index (χ4v) is 0.112. The Morgan fingerprint density at radius 1 is 1.11 bits per heavy atom. The van der Waals surface area contributed by atoms with E-state index in [-0.39, 0.29) is 31.1 Å². The first-order chi connectivity index (χ1) is 3.81. The summed E-state index contributed by atoms with van der Waals surface area (Å²) in [7, 11) is 1.99. The summed E-state index contributed by atoms with van der Waals surface area (Å²) in [5.74, 6) is 0. The average molecular weight is 353 g/mol. The molecular weight excluding hydrogens is 336 g/mol. The van der Waals surface area contributed by atoms with Gasteiger partial charge in [-0.3, -0.25) is 0 Å². The first-order valence-corrected chi connectivity index (χ1v) is 3.08. The summed E-state index contributed by atoms with van der Waals surface area (Å²) in [6.45, 7) is 13.0. The van der Waals surface area contributed by atoms with Gasteiger partial charge in [0.05, 0.1) is 0 Å². The molecule has 0 heterocycles. The largest absolute Gasteiger partial charge is 2.00 e. The second-order valence-corrected chi connectivity index (χ2v) is 1.30. The van der Waals surface area contributed by atoms with Crippen molar-refractivity contribution in [2.24, 2.45) is 0 Å². The molecule has 0 saturated carbocycles. The van der Waals surface area contributed by atoms with E-state index in [1.54, 1.807) is 0 Å². The molecule has 0 N–H and O–H groups in total. The van der Waals surface area contributed by atoms with Crippen LogP contribution in [0.3, 0.4) is 0 Å². The minimum Gasteiger partial charge on any atom is -0.365 e. The molecule has 54 valence electrons. The Hall–Kier alpha value is 1.01. The summed E-state index contributed by atoms with van der Waals surface area (Å²) >= 11 is 0. The molecule has 0 aromatic carbocycles. The molecule has 0 spiro atoms. The minimum atomic E-state index is 0. The number of hydrogen-bond acceptors (Lipinski definition) is 1. The maximum absolute atomic E-state index is 3.64. The summed E-state index contributed by atoms with van der Waals surface area (Å²) in [5, 5.41) is 0. The van der Waals surface area contributed by atoms with E-state index in [1.807, 2.05) is 25.8 Å². The Morgan fingerprint density at radius 3 is 1.33 bits per heavy atom. The van der Waals surface area contributed by atoms with Crippen LogP contribution in [0.15, 0.2) is 0 Å². The van der Waals surface area contributed by atoms with Crippen molar-refractivity contribution in [1.29, 1.82) is 0 Å². The van der Waals surface area contributed by atoms with Crippen LogP contribution in [0.4, 0.5) is 0 Å². The third-order valence-electron chi connectivity index (χ3n) is 0.763. The van der Waals surface area contributed by atoms with Crippen molar-refractivity contribution in [2.75, 3.05) is 20.1 Å². The van der Waals surface area contributed by atoms with Gasteiger partial charge in [0.25, 0.3) is 0 Å². The second kappa shape index (κ2) is 16.0. The van der Waals surface area contributed by atoms with Crippen LogP contribution in [0.2, 0.25) is 0 Å². The Morgan fingerprint density at radius 2 is 1.33 bits per heavy atom. The summed E-state index contributed by atoms with van der Waals surface area (Å²) in [4.78, 5) is 2.03. The van der Waals surface area contributed by atoms with E-state index in [9.17, 15) is 0 Å². The molecule has 0 saturated heterocycles. The maximum atomic E-state index is 3.64. The van der Waals surface area contributed by atoms with Crippen molar-refractivity contribution >= 4 is 0 Å². The Kier molecular flexibility index (Phi) is 29.4. The van der Waals surface area contributed by atoms with Crippen LogP contribution < -0.4 is 0 Å². The van der Waals surface area contributed by atoms with Gasteiger partial charge in [0, 0.05) is 0 Å². The molecule has 0 aromatic heterocycles. The molecule has 9 heavy (non-hydrogen) atoms. The van der Waals surface area contributed by atoms with Crippen molar-refractivity contribution in [3.05, 3.63) is 13.8 Å². The van der Waals surface area contributed by atoms with Crippen LogP contribution in [0.1, 0.15) is 13.8 Å². The van der Waals surface area contributed by atoms with Gasteiger partial charge >= 0.3 is 31.1 Å². The quantitative estimate of drug-likeness (QED) is 0.682. The molecule has 0 rings (SSSR count). The van der Waals surface area contributed by atoms with E-state index in [0.29, 0.717) is 0 Å². The maximum Gasteiger partial charge on any atom is 2.00 e. The molecule has 0 aliphatic rings. The van der Waals surface area contributed by atoms with Crippen molar-refractivity contribution < 1.29 is 31.1 Å². The SMILES string of the molecule is CC.[CH2-]CN(C)C[CH2-].[U+2]. The van der Waals surface area contributed by atoms with Gasteiger partial charge in [-0.15, -0.1) is 13.1 Å². The summed E-state index contributed by atoms with van der Waals surface area (Å²) in [6, 6.07) is 0. The summed E-state index contributed by atoms with van der Waals surface area (Å²) in [5.41, 5.74) is 0. The number of hydrogen-bond donors (Lipinski definition) is 0. The van der Waals surface area contributed by atoms with Gasteiger partial charge in [-0.05, 0) is 7.05 Å². The molecule has 0 aliphatic carbocycles.